The molecule has 41 heavy (non-hydrogen) atoms. The van der Waals surface area contributed by atoms with Crippen LogP contribution in [-0.2, 0) is 22.6 Å². The molecule has 5 aromatic carbocycles. The van der Waals surface area contributed by atoms with Crippen LogP contribution in [0.1, 0.15) is 16.7 Å². The van der Waals surface area contributed by atoms with Gasteiger partial charge in [0.15, 0.2) is 0 Å². The molecule has 1 heterocycles. The minimum Gasteiger partial charge on any atom is -0.488 e. The van der Waals surface area contributed by atoms with Crippen LogP contribution in [0.15, 0.2) is 109 Å². The first kappa shape index (κ1) is 27.6. The lowest BCUT2D eigenvalue weighted by Crippen LogP contribution is -2.46. The van der Waals surface area contributed by atoms with Crippen molar-refractivity contribution in [2.75, 3.05) is 23.9 Å². The molecule has 0 bridgehead atoms. The van der Waals surface area contributed by atoms with E-state index in [-0.39, 0.29) is 6.15 Å². The molecule has 0 aromatic heterocycles. The highest BCUT2D eigenvalue weighted by atomic mass is 19.3. The molecule has 1 aliphatic heterocycles. The Balaban J connectivity index is 0.00000108. The molecule has 206 valence electrons. The monoisotopic (exact) mass is 550 g/mol. The zero-order chi connectivity index (χ0) is 29.0. The van der Waals surface area contributed by atoms with Gasteiger partial charge < -0.3 is 4.74 Å². The van der Waals surface area contributed by atoms with Gasteiger partial charge in [0, 0.05) is 19.5 Å². The number of fused-ring (bicyclic) bond motifs is 2. The molecule has 0 spiro atoms. The van der Waals surface area contributed by atoms with Crippen molar-refractivity contribution in [3.8, 4) is 16.9 Å². The maximum Gasteiger partial charge on any atom is 0.413 e. The normalized spacial score (nSPS) is 13.3. The number of alkyl halides is 2. The summed E-state index contributed by atoms with van der Waals surface area (Å²) in [6.07, 6.45) is -2.18. The van der Waals surface area contributed by atoms with Crippen molar-refractivity contribution in [2.45, 2.75) is 19.2 Å². The Hall–Kier alpha value is -5.00. The third kappa shape index (κ3) is 5.40. The van der Waals surface area contributed by atoms with E-state index >= 15 is 8.78 Å². The van der Waals surface area contributed by atoms with E-state index in [4.69, 9.17) is 14.3 Å². The molecule has 0 fully saturated rings. The predicted octanol–water partition coefficient (Wildman–Crippen LogP) is 7.53. The second-order valence-electron chi connectivity index (χ2n) is 9.81. The fourth-order valence-corrected chi connectivity index (χ4v) is 5.28. The number of ether oxygens (including phenoxy) is 1. The van der Waals surface area contributed by atoms with Gasteiger partial charge in [-0.15, -0.1) is 0 Å². The Labute approximate surface area is 237 Å². The van der Waals surface area contributed by atoms with E-state index in [9.17, 15) is 0 Å². The van der Waals surface area contributed by atoms with E-state index < -0.39 is 6.17 Å². The first-order chi connectivity index (χ1) is 19.8. The van der Waals surface area contributed by atoms with Gasteiger partial charge in [-0.2, -0.15) is 18.4 Å². The first-order valence-electron chi connectivity index (χ1n) is 13.1. The Morgan fingerprint density at radius 3 is 1.76 bits per heavy atom. The summed E-state index contributed by atoms with van der Waals surface area (Å²) in [5.74, 6) is 0.684. The maximum atomic E-state index is 15.1. The quantitative estimate of drug-likeness (QED) is 0.205. The molecule has 0 amide bonds. The minimum atomic E-state index is -3.12. The predicted molar refractivity (Wildman–Crippen MR) is 156 cm³/mol. The number of benzene rings is 5. The fraction of sp³-hybridized carbons (Fsp3) is 0.147. The van der Waals surface area contributed by atoms with Crippen LogP contribution in [-0.4, -0.2) is 26.4 Å². The second kappa shape index (κ2) is 11.6. The molecule has 0 N–H and O–H groups in total. The highest BCUT2D eigenvalue weighted by Gasteiger charge is 2.48. The van der Waals surface area contributed by atoms with E-state index in [1.165, 1.54) is 19.7 Å². The van der Waals surface area contributed by atoms with E-state index in [2.05, 4.69) is 30.3 Å². The van der Waals surface area contributed by atoms with Crippen molar-refractivity contribution in [1.82, 2.24) is 0 Å². The smallest absolute Gasteiger partial charge is 0.413 e. The summed E-state index contributed by atoms with van der Waals surface area (Å²) >= 11 is 0. The number of nitrogens with zero attached hydrogens (tertiary/aromatic N) is 2. The molecule has 0 aliphatic carbocycles. The Kier molecular flexibility index (Phi) is 7.81. The molecule has 0 unspecified atom stereocenters. The molecule has 5 aromatic rings. The third-order valence-corrected chi connectivity index (χ3v) is 7.34. The Morgan fingerprint density at radius 2 is 1.20 bits per heavy atom. The second-order valence-corrected chi connectivity index (χ2v) is 9.81. The van der Waals surface area contributed by atoms with E-state index in [0.29, 0.717) is 30.2 Å². The summed E-state index contributed by atoms with van der Waals surface area (Å²) in [4.78, 5) is 18.3. The van der Waals surface area contributed by atoms with Crippen molar-refractivity contribution >= 4 is 28.3 Å². The van der Waals surface area contributed by atoms with Gasteiger partial charge in [0.1, 0.15) is 12.4 Å². The number of anilines is 2. The summed E-state index contributed by atoms with van der Waals surface area (Å²) < 4.78 is 36.5. The molecule has 0 radical (unpaired) electrons. The Bertz CT molecular complexity index is 1690. The summed E-state index contributed by atoms with van der Waals surface area (Å²) in [5.41, 5.74) is 6.34. The molecule has 0 atom stereocenters. The standard InChI is InChI=1S/C33H28F2N2O.CO2/c1-36-29-20-27-28(21-30(29)37(2)33(36,34)35)32(25-16-10-5-11-17-25)26(18-23-12-6-3-7-13-23)19-31(27)38-22-24-14-8-4-9-15-24;2-1-3/h3-17,19-21H,18,22H2,1-2H3;. The molecular formula is C34H28F2N2O3. The number of rotatable bonds is 6. The SMILES string of the molecule is CN1c2cc3c(OCc4ccccc4)cc(Cc4ccccc4)c(-c4ccccc4)c3cc2N(C)C1(F)F.O=C=O. The van der Waals surface area contributed by atoms with E-state index in [0.717, 1.165) is 42.8 Å². The molecule has 0 saturated heterocycles. The van der Waals surface area contributed by atoms with Gasteiger partial charge in [-0.1, -0.05) is 91.0 Å². The summed E-state index contributed by atoms with van der Waals surface area (Å²) in [7, 11) is 2.87. The molecule has 5 nitrogen and oxygen atoms in total. The van der Waals surface area contributed by atoms with Crippen molar-refractivity contribution < 1.29 is 23.1 Å². The number of hydrogen-bond acceptors (Lipinski definition) is 5. The highest BCUT2D eigenvalue weighted by Crippen LogP contribution is 2.50. The van der Waals surface area contributed by atoms with Gasteiger partial charge in [0.25, 0.3) is 0 Å². The van der Waals surface area contributed by atoms with Gasteiger partial charge in [-0.3, -0.25) is 9.80 Å². The van der Waals surface area contributed by atoms with E-state index in [1.54, 1.807) is 0 Å². The average molecular weight is 551 g/mol. The molecule has 1 aliphatic rings. The minimum absolute atomic E-state index is 0.250. The molecule has 0 saturated carbocycles. The van der Waals surface area contributed by atoms with Crippen LogP contribution in [0.2, 0.25) is 0 Å². The lowest BCUT2D eigenvalue weighted by Gasteiger charge is -2.26. The zero-order valence-electron chi connectivity index (χ0n) is 22.7. The van der Waals surface area contributed by atoms with Gasteiger partial charge in [0.05, 0.1) is 11.4 Å². The number of carbonyl (C=O) groups excluding carboxylic acids is 2. The van der Waals surface area contributed by atoms with Crippen LogP contribution in [0.5, 0.6) is 5.75 Å². The van der Waals surface area contributed by atoms with Gasteiger partial charge >= 0.3 is 12.3 Å². The summed E-state index contributed by atoms with van der Waals surface area (Å²) in [6, 6.07) is 36.2. The lowest BCUT2D eigenvalue weighted by atomic mass is 9.89. The Morgan fingerprint density at radius 1 is 0.707 bits per heavy atom. The first-order valence-corrected chi connectivity index (χ1v) is 13.1. The van der Waals surface area contributed by atoms with Gasteiger partial charge in [0.2, 0.25) is 0 Å². The van der Waals surface area contributed by atoms with Crippen LogP contribution in [0, 0.1) is 0 Å². The van der Waals surface area contributed by atoms with Crippen LogP contribution in [0.3, 0.4) is 0 Å². The van der Waals surface area contributed by atoms with Crippen molar-refractivity contribution in [3.05, 3.63) is 126 Å². The van der Waals surface area contributed by atoms with Gasteiger partial charge in [-0.05, 0) is 57.8 Å². The summed E-state index contributed by atoms with van der Waals surface area (Å²) in [5, 5.41) is 1.71. The van der Waals surface area contributed by atoms with Crippen molar-refractivity contribution in [1.29, 1.82) is 0 Å². The summed E-state index contributed by atoms with van der Waals surface area (Å²) in [6.45, 7) is 0.383. The third-order valence-electron chi connectivity index (χ3n) is 7.34. The molecular weight excluding hydrogens is 522 g/mol. The maximum absolute atomic E-state index is 15.1. The molecule has 6 rings (SSSR count). The largest absolute Gasteiger partial charge is 0.488 e. The average Bonchev–Trinajstić information content (AvgIpc) is 3.16. The lowest BCUT2D eigenvalue weighted by molar-refractivity contribution is -0.191. The topological polar surface area (TPSA) is 49.9 Å². The highest BCUT2D eigenvalue weighted by molar-refractivity contribution is 6.07. The number of halogens is 2. The van der Waals surface area contributed by atoms with Crippen LogP contribution in [0.25, 0.3) is 21.9 Å². The molecule has 7 heteroatoms. The van der Waals surface area contributed by atoms with E-state index in [1.807, 2.05) is 78.9 Å². The van der Waals surface area contributed by atoms with Gasteiger partial charge in [-0.25, -0.2) is 0 Å². The number of hydrogen-bond donors (Lipinski definition) is 0. The van der Waals surface area contributed by atoms with Crippen LogP contribution in [0.4, 0.5) is 20.2 Å². The van der Waals surface area contributed by atoms with Crippen molar-refractivity contribution in [3.63, 3.8) is 0 Å². The van der Waals surface area contributed by atoms with Crippen molar-refractivity contribution in [2.24, 2.45) is 0 Å². The fourth-order valence-electron chi connectivity index (χ4n) is 5.28. The zero-order valence-corrected chi connectivity index (χ0v) is 22.7. The van der Waals surface area contributed by atoms with Crippen LogP contribution >= 0.6 is 0 Å². The van der Waals surface area contributed by atoms with Crippen LogP contribution < -0.4 is 14.5 Å².